The van der Waals surface area contributed by atoms with Crippen LogP contribution >= 0.6 is 23.2 Å². The third-order valence-corrected chi connectivity index (χ3v) is 6.59. The lowest BCUT2D eigenvalue weighted by Gasteiger charge is -2.27. The van der Waals surface area contributed by atoms with Gasteiger partial charge in [-0.1, -0.05) is 37.6 Å². The Balaban J connectivity index is 1.81. The van der Waals surface area contributed by atoms with Crippen LogP contribution in [0.25, 0.3) is 0 Å². The van der Waals surface area contributed by atoms with Crippen LogP contribution < -0.4 is 9.47 Å². The number of rotatable bonds is 9. The molecule has 0 fully saturated rings. The van der Waals surface area contributed by atoms with Gasteiger partial charge >= 0.3 is 5.22 Å². The van der Waals surface area contributed by atoms with Gasteiger partial charge in [-0.25, -0.2) is 13.4 Å². The Labute approximate surface area is 209 Å². The number of halogens is 2. The number of sulfone groups is 1. The van der Waals surface area contributed by atoms with E-state index in [1.807, 2.05) is 38.1 Å². The van der Waals surface area contributed by atoms with Gasteiger partial charge in [0.25, 0.3) is 0 Å². The molecule has 0 radical (unpaired) electrons. The van der Waals surface area contributed by atoms with E-state index in [-0.39, 0.29) is 17.7 Å². The van der Waals surface area contributed by atoms with Crippen LogP contribution in [0.2, 0.25) is 5.02 Å². The van der Waals surface area contributed by atoms with Gasteiger partial charge < -0.3 is 13.9 Å². The summed E-state index contributed by atoms with van der Waals surface area (Å²) in [7, 11) is -3.53. The van der Waals surface area contributed by atoms with E-state index in [1.54, 1.807) is 19.1 Å². The lowest BCUT2D eigenvalue weighted by Crippen LogP contribution is -2.19. The summed E-state index contributed by atoms with van der Waals surface area (Å²) >= 11 is 12.1. The summed E-state index contributed by atoms with van der Waals surface area (Å²) in [4.78, 5) is 3.99. The van der Waals surface area contributed by atoms with Gasteiger partial charge in [0.2, 0.25) is 9.84 Å². The van der Waals surface area contributed by atoms with Crippen molar-refractivity contribution in [2.45, 2.75) is 37.5 Å². The highest BCUT2D eigenvalue weighted by molar-refractivity contribution is 7.90. The van der Waals surface area contributed by atoms with Crippen molar-refractivity contribution in [2.75, 3.05) is 18.7 Å². The first kappa shape index (κ1) is 25.9. The van der Waals surface area contributed by atoms with E-state index < -0.39 is 21.4 Å². The monoisotopic (exact) mass is 522 g/mol. The van der Waals surface area contributed by atoms with Crippen molar-refractivity contribution < 1.29 is 22.3 Å². The van der Waals surface area contributed by atoms with Gasteiger partial charge in [-0.2, -0.15) is 5.26 Å². The van der Waals surface area contributed by atoms with E-state index in [0.29, 0.717) is 27.8 Å². The predicted octanol–water partition coefficient (Wildman–Crippen LogP) is 5.69. The summed E-state index contributed by atoms with van der Waals surface area (Å²) < 4.78 is 39.6. The standard InChI is InChI=1S/C24H24Cl2N2O5S/c1-15(21-14-32-23(28-21)34(4,29)30)33-19-7-5-17(6-8-19)24(2,3)18-11-16(13-27)22(20(26)12-18)31-10-9-25/h5-8,11-12,14-15H,9-10H2,1-4H3. The smallest absolute Gasteiger partial charge is 0.314 e. The fourth-order valence-corrected chi connectivity index (χ4v) is 4.18. The molecule has 3 aromatic rings. The largest absolute Gasteiger partial charge is 0.489 e. The highest BCUT2D eigenvalue weighted by Gasteiger charge is 2.26. The fraction of sp³-hybridized carbons (Fsp3) is 0.333. The van der Waals surface area contributed by atoms with Gasteiger partial charge in [0.1, 0.15) is 36.5 Å². The SMILES string of the molecule is CC(Oc1ccc(C(C)(C)c2cc(Cl)c(OCCCl)c(C#N)c2)cc1)c1coc(S(C)(=O)=O)n1. The summed E-state index contributed by atoms with van der Waals surface area (Å²) in [6, 6.07) is 13.2. The number of hydrogen-bond donors (Lipinski definition) is 0. The molecule has 180 valence electrons. The van der Waals surface area contributed by atoms with Crippen LogP contribution in [0, 0.1) is 11.3 Å². The molecule has 0 aliphatic rings. The summed E-state index contributed by atoms with van der Waals surface area (Å²) in [5.41, 5.74) is 2.07. The second-order valence-electron chi connectivity index (χ2n) is 8.20. The van der Waals surface area contributed by atoms with E-state index in [2.05, 4.69) is 11.1 Å². The van der Waals surface area contributed by atoms with Crippen LogP contribution in [0.5, 0.6) is 11.5 Å². The van der Waals surface area contributed by atoms with E-state index in [1.165, 1.54) is 6.26 Å². The molecule has 1 heterocycles. The van der Waals surface area contributed by atoms with Gasteiger partial charge in [-0.05, 0) is 42.3 Å². The van der Waals surface area contributed by atoms with Gasteiger partial charge in [0.05, 0.1) is 16.5 Å². The third-order valence-electron chi connectivity index (χ3n) is 5.33. The van der Waals surface area contributed by atoms with Crippen molar-refractivity contribution in [1.29, 1.82) is 5.26 Å². The molecule has 2 aromatic carbocycles. The predicted molar refractivity (Wildman–Crippen MR) is 130 cm³/mol. The topological polar surface area (TPSA) is 102 Å². The molecule has 1 aromatic heterocycles. The molecule has 0 saturated heterocycles. The zero-order chi connectivity index (χ0) is 25.1. The minimum Gasteiger partial charge on any atom is -0.489 e. The van der Waals surface area contributed by atoms with Crippen LogP contribution in [0.1, 0.15) is 49.3 Å². The number of ether oxygens (including phenoxy) is 2. The van der Waals surface area contributed by atoms with Crippen molar-refractivity contribution >= 4 is 33.0 Å². The van der Waals surface area contributed by atoms with Crippen molar-refractivity contribution in [3.8, 4) is 17.6 Å². The highest BCUT2D eigenvalue weighted by Crippen LogP contribution is 2.38. The summed E-state index contributed by atoms with van der Waals surface area (Å²) in [5, 5.41) is 9.59. The van der Waals surface area contributed by atoms with Crippen molar-refractivity contribution in [3.63, 3.8) is 0 Å². The Morgan fingerprint density at radius 2 is 1.88 bits per heavy atom. The molecule has 0 bridgehead atoms. The average Bonchev–Trinajstić information content (AvgIpc) is 3.29. The van der Waals surface area contributed by atoms with Crippen LogP contribution in [-0.2, 0) is 15.3 Å². The molecule has 0 spiro atoms. The maximum Gasteiger partial charge on any atom is 0.314 e. The molecule has 3 rings (SSSR count). The maximum atomic E-state index is 11.6. The molecule has 1 unspecified atom stereocenters. The second kappa shape index (κ2) is 10.3. The lowest BCUT2D eigenvalue weighted by molar-refractivity contribution is 0.221. The van der Waals surface area contributed by atoms with Gasteiger partial charge in [-0.3, -0.25) is 0 Å². The van der Waals surface area contributed by atoms with Crippen LogP contribution in [0.4, 0.5) is 0 Å². The Hall–Kier alpha value is -2.73. The van der Waals surface area contributed by atoms with Crippen LogP contribution in [-0.4, -0.2) is 32.1 Å². The van der Waals surface area contributed by atoms with E-state index in [0.717, 1.165) is 17.4 Å². The number of oxazole rings is 1. The third kappa shape index (κ3) is 5.66. The molecule has 0 saturated carbocycles. The molecule has 7 nitrogen and oxygen atoms in total. The van der Waals surface area contributed by atoms with Crippen molar-refractivity contribution in [1.82, 2.24) is 4.98 Å². The second-order valence-corrected chi connectivity index (χ2v) is 10.9. The molecule has 34 heavy (non-hydrogen) atoms. The lowest BCUT2D eigenvalue weighted by atomic mass is 9.77. The zero-order valence-electron chi connectivity index (χ0n) is 19.1. The number of aromatic nitrogens is 1. The van der Waals surface area contributed by atoms with Gasteiger partial charge in [0, 0.05) is 11.7 Å². The average molecular weight is 523 g/mol. The van der Waals surface area contributed by atoms with Gasteiger partial charge in [-0.15, -0.1) is 11.6 Å². The first-order chi connectivity index (χ1) is 16.0. The fourth-order valence-electron chi connectivity index (χ4n) is 3.33. The number of alkyl halides is 1. The maximum absolute atomic E-state index is 11.6. The summed E-state index contributed by atoms with van der Waals surface area (Å²) in [5.74, 6) is 1.20. The summed E-state index contributed by atoms with van der Waals surface area (Å²) in [6.07, 6.45) is 1.79. The van der Waals surface area contributed by atoms with E-state index >= 15 is 0 Å². The quantitative estimate of drug-likeness (QED) is 0.332. The Kier molecular flexibility index (Phi) is 7.81. The minimum atomic E-state index is -3.53. The number of benzene rings is 2. The molecular formula is C24H24Cl2N2O5S. The van der Waals surface area contributed by atoms with Crippen molar-refractivity contribution in [3.05, 3.63) is 70.1 Å². The van der Waals surface area contributed by atoms with Crippen molar-refractivity contribution in [2.24, 2.45) is 0 Å². The summed E-state index contributed by atoms with van der Waals surface area (Å²) in [6.45, 7) is 6.06. The van der Waals surface area contributed by atoms with E-state index in [9.17, 15) is 13.7 Å². The first-order valence-corrected chi connectivity index (χ1v) is 13.1. The Morgan fingerprint density at radius 3 is 2.44 bits per heavy atom. The molecule has 0 N–H and O–H groups in total. The zero-order valence-corrected chi connectivity index (χ0v) is 21.5. The molecule has 0 aliphatic heterocycles. The minimum absolute atomic E-state index is 0.252. The molecule has 1 atom stereocenters. The number of hydrogen-bond acceptors (Lipinski definition) is 7. The number of nitriles is 1. The van der Waals surface area contributed by atoms with Crippen LogP contribution in [0.3, 0.4) is 0 Å². The molecule has 0 aliphatic carbocycles. The Morgan fingerprint density at radius 1 is 1.21 bits per heavy atom. The molecular weight excluding hydrogens is 499 g/mol. The normalized spacial score (nSPS) is 12.7. The van der Waals surface area contributed by atoms with Crippen LogP contribution in [0.15, 0.2) is 52.3 Å². The molecule has 0 amide bonds. The highest BCUT2D eigenvalue weighted by atomic mass is 35.5. The first-order valence-electron chi connectivity index (χ1n) is 10.3. The van der Waals surface area contributed by atoms with E-state index in [4.69, 9.17) is 37.1 Å². The number of nitrogens with zero attached hydrogens (tertiary/aromatic N) is 2. The Bertz CT molecular complexity index is 1310. The molecule has 10 heteroatoms. The van der Waals surface area contributed by atoms with Gasteiger partial charge in [0.15, 0.2) is 5.75 Å².